The van der Waals surface area contributed by atoms with Crippen LogP contribution in [0.4, 0.5) is 0 Å². The molecule has 4 nitrogen and oxygen atoms in total. The molecular weight excluding hydrogens is 408 g/mol. The fraction of sp³-hybridized carbons (Fsp3) is 0.269. The second kappa shape index (κ2) is 9.88. The van der Waals surface area contributed by atoms with Gasteiger partial charge in [0.2, 0.25) is 0 Å². The topological polar surface area (TPSA) is 36.3 Å². The summed E-state index contributed by atoms with van der Waals surface area (Å²) < 4.78 is 14.2. The summed E-state index contributed by atoms with van der Waals surface area (Å²) in [6, 6.07) is 22.2. The molecule has 0 bridgehead atoms. The number of fused-ring (bicyclic) bond motifs is 1. The third-order valence-corrected chi connectivity index (χ3v) is 5.78. The average Bonchev–Trinajstić information content (AvgIpc) is 3.15. The second-order valence-corrected chi connectivity index (χ2v) is 7.97. The van der Waals surface area contributed by atoms with Gasteiger partial charge in [-0.05, 0) is 73.4 Å². The minimum atomic E-state index is 0.428. The zero-order chi connectivity index (χ0) is 21.6. The number of hydrogen-bond acceptors (Lipinski definition) is 3. The summed E-state index contributed by atoms with van der Waals surface area (Å²) in [6.45, 7) is 5.98. The maximum absolute atomic E-state index is 6.09. The number of nitrogens with zero attached hydrogens (tertiary/aromatic N) is 2. The fourth-order valence-electron chi connectivity index (χ4n) is 3.57. The molecule has 0 spiro atoms. The molecule has 1 aromatic heterocycles. The molecule has 0 unspecified atom stereocenters. The Kier molecular flexibility index (Phi) is 6.78. The number of rotatable bonds is 9. The van der Waals surface area contributed by atoms with E-state index in [1.807, 2.05) is 55.5 Å². The van der Waals surface area contributed by atoms with Crippen LogP contribution in [-0.4, -0.2) is 16.2 Å². The van der Waals surface area contributed by atoms with Crippen LogP contribution < -0.4 is 9.47 Å². The molecule has 0 aliphatic rings. The van der Waals surface area contributed by atoms with Crippen molar-refractivity contribution >= 4 is 22.6 Å². The summed E-state index contributed by atoms with van der Waals surface area (Å²) in [4.78, 5) is 4.80. The molecular formula is C26H27ClN2O2. The van der Waals surface area contributed by atoms with Crippen LogP contribution in [0, 0.1) is 6.92 Å². The van der Waals surface area contributed by atoms with Gasteiger partial charge in [-0.15, -0.1) is 0 Å². The van der Waals surface area contributed by atoms with Gasteiger partial charge in [0.15, 0.2) is 0 Å². The van der Waals surface area contributed by atoms with Gasteiger partial charge in [-0.25, -0.2) is 4.98 Å². The fourth-order valence-corrected chi connectivity index (χ4v) is 3.69. The molecule has 1 heterocycles. The first-order chi connectivity index (χ1) is 15.1. The molecule has 160 valence electrons. The first-order valence-electron chi connectivity index (χ1n) is 10.7. The Morgan fingerprint density at radius 3 is 2.48 bits per heavy atom. The molecule has 0 atom stereocenters. The SMILES string of the molecule is CCc1ccc(OCc2nc3ccccc3n2CCCOc2ccc(Cl)c(C)c2)cc1. The van der Waals surface area contributed by atoms with Crippen molar-refractivity contribution in [3.05, 3.63) is 88.7 Å². The van der Waals surface area contributed by atoms with Crippen molar-refractivity contribution in [3.8, 4) is 11.5 Å². The molecule has 3 aromatic carbocycles. The van der Waals surface area contributed by atoms with Gasteiger partial charge in [-0.1, -0.05) is 42.8 Å². The van der Waals surface area contributed by atoms with E-state index in [1.54, 1.807) is 0 Å². The van der Waals surface area contributed by atoms with Crippen molar-refractivity contribution in [2.45, 2.75) is 39.8 Å². The number of imidazole rings is 1. The lowest BCUT2D eigenvalue weighted by Crippen LogP contribution is -2.10. The van der Waals surface area contributed by atoms with E-state index in [0.717, 1.165) is 58.3 Å². The smallest absolute Gasteiger partial charge is 0.147 e. The zero-order valence-electron chi connectivity index (χ0n) is 18.0. The third kappa shape index (κ3) is 5.20. The van der Waals surface area contributed by atoms with Crippen molar-refractivity contribution in [1.29, 1.82) is 0 Å². The number of aryl methyl sites for hydroxylation is 3. The highest BCUT2D eigenvalue weighted by molar-refractivity contribution is 6.31. The highest BCUT2D eigenvalue weighted by Gasteiger charge is 2.11. The molecule has 0 radical (unpaired) electrons. The van der Waals surface area contributed by atoms with E-state index in [9.17, 15) is 0 Å². The molecule has 0 aliphatic heterocycles. The quantitative estimate of drug-likeness (QED) is 0.278. The average molecular weight is 435 g/mol. The van der Waals surface area contributed by atoms with Crippen molar-refractivity contribution in [3.63, 3.8) is 0 Å². The third-order valence-electron chi connectivity index (χ3n) is 5.36. The van der Waals surface area contributed by atoms with Crippen molar-refractivity contribution in [2.24, 2.45) is 0 Å². The van der Waals surface area contributed by atoms with Gasteiger partial charge in [0, 0.05) is 11.6 Å². The Morgan fingerprint density at radius 2 is 1.71 bits per heavy atom. The van der Waals surface area contributed by atoms with Crippen LogP contribution in [0.1, 0.15) is 30.3 Å². The molecule has 4 aromatic rings. The summed E-state index contributed by atoms with van der Waals surface area (Å²) in [5, 5.41) is 0.756. The van der Waals surface area contributed by atoms with E-state index >= 15 is 0 Å². The van der Waals surface area contributed by atoms with Gasteiger partial charge in [-0.2, -0.15) is 0 Å². The van der Waals surface area contributed by atoms with Gasteiger partial charge in [0.25, 0.3) is 0 Å². The van der Waals surface area contributed by atoms with Crippen LogP contribution in [0.25, 0.3) is 11.0 Å². The zero-order valence-corrected chi connectivity index (χ0v) is 18.7. The monoisotopic (exact) mass is 434 g/mol. The molecule has 5 heteroatoms. The van der Waals surface area contributed by atoms with E-state index in [-0.39, 0.29) is 0 Å². The van der Waals surface area contributed by atoms with Crippen LogP contribution in [0.5, 0.6) is 11.5 Å². The molecule has 0 fully saturated rings. The standard InChI is InChI=1S/C26H27ClN2O2/c1-3-20-9-11-21(12-10-20)31-18-26-28-24-7-4-5-8-25(24)29(26)15-6-16-30-22-13-14-23(27)19(2)17-22/h4-5,7-14,17H,3,6,15-16,18H2,1-2H3. The van der Waals surface area contributed by atoms with E-state index in [4.69, 9.17) is 26.1 Å². The lowest BCUT2D eigenvalue weighted by molar-refractivity contribution is 0.280. The number of hydrogen-bond donors (Lipinski definition) is 0. The number of para-hydroxylation sites is 2. The first-order valence-corrected chi connectivity index (χ1v) is 11.1. The van der Waals surface area contributed by atoms with Crippen LogP contribution in [0.15, 0.2) is 66.7 Å². The largest absolute Gasteiger partial charge is 0.494 e. The van der Waals surface area contributed by atoms with Crippen molar-refractivity contribution in [1.82, 2.24) is 9.55 Å². The van der Waals surface area contributed by atoms with Crippen LogP contribution in [-0.2, 0) is 19.6 Å². The van der Waals surface area contributed by atoms with Crippen LogP contribution in [0.3, 0.4) is 0 Å². The van der Waals surface area contributed by atoms with Crippen LogP contribution >= 0.6 is 11.6 Å². The second-order valence-electron chi connectivity index (χ2n) is 7.57. The maximum Gasteiger partial charge on any atom is 0.147 e. The summed E-state index contributed by atoms with van der Waals surface area (Å²) in [6.07, 6.45) is 1.88. The van der Waals surface area contributed by atoms with E-state index in [0.29, 0.717) is 13.2 Å². The first kappa shape index (κ1) is 21.3. The van der Waals surface area contributed by atoms with E-state index in [1.165, 1.54) is 5.56 Å². The maximum atomic E-state index is 6.09. The molecule has 0 aliphatic carbocycles. The van der Waals surface area contributed by atoms with Gasteiger partial charge >= 0.3 is 0 Å². The Labute approximate surface area is 188 Å². The van der Waals surface area contributed by atoms with E-state index in [2.05, 4.69) is 29.7 Å². The molecule has 0 amide bonds. The lowest BCUT2D eigenvalue weighted by Gasteiger charge is -2.12. The Morgan fingerprint density at radius 1 is 0.935 bits per heavy atom. The molecule has 0 N–H and O–H groups in total. The van der Waals surface area contributed by atoms with Gasteiger partial charge in [0.05, 0.1) is 17.6 Å². The number of halogens is 1. The Hall–Kier alpha value is -2.98. The number of aromatic nitrogens is 2. The van der Waals surface area contributed by atoms with Crippen molar-refractivity contribution < 1.29 is 9.47 Å². The molecule has 0 saturated heterocycles. The summed E-state index contributed by atoms with van der Waals surface area (Å²) in [5.41, 5.74) is 4.42. The normalized spacial score (nSPS) is 11.1. The highest BCUT2D eigenvalue weighted by Crippen LogP contribution is 2.22. The summed E-state index contributed by atoms with van der Waals surface area (Å²) in [7, 11) is 0. The minimum Gasteiger partial charge on any atom is -0.494 e. The number of benzene rings is 3. The van der Waals surface area contributed by atoms with Gasteiger partial charge in [0.1, 0.15) is 23.9 Å². The molecule has 4 rings (SSSR count). The van der Waals surface area contributed by atoms with E-state index < -0.39 is 0 Å². The minimum absolute atomic E-state index is 0.428. The molecule has 31 heavy (non-hydrogen) atoms. The Balaban J connectivity index is 1.42. The summed E-state index contributed by atoms with van der Waals surface area (Å²) >= 11 is 6.09. The predicted molar refractivity (Wildman–Crippen MR) is 126 cm³/mol. The number of ether oxygens (including phenoxy) is 2. The lowest BCUT2D eigenvalue weighted by atomic mass is 10.2. The van der Waals surface area contributed by atoms with Gasteiger partial charge < -0.3 is 14.0 Å². The predicted octanol–water partition coefficient (Wildman–Crippen LogP) is 6.61. The van der Waals surface area contributed by atoms with Gasteiger partial charge in [-0.3, -0.25) is 0 Å². The molecule has 0 saturated carbocycles. The van der Waals surface area contributed by atoms with Crippen LogP contribution in [0.2, 0.25) is 5.02 Å². The Bertz CT molecular complexity index is 1150. The summed E-state index contributed by atoms with van der Waals surface area (Å²) in [5.74, 6) is 2.62. The van der Waals surface area contributed by atoms with Crippen molar-refractivity contribution in [2.75, 3.05) is 6.61 Å². The highest BCUT2D eigenvalue weighted by atomic mass is 35.5.